The van der Waals surface area contributed by atoms with Crippen molar-refractivity contribution >= 4 is 23.8 Å². The molecule has 164 valence electrons. The Morgan fingerprint density at radius 2 is 1.90 bits per heavy atom. The van der Waals surface area contributed by atoms with Gasteiger partial charge in [-0.15, -0.1) is 0 Å². The molecule has 0 aliphatic carbocycles. The van der Waals surface area contributed by atoms with Gasteiger partial charge < -0.3 is 15.4 Å². The SMILES string of the molecule is CCN(CC(=O)NC(C)C)CC(=O)NN1C(=O)NC(C)(c2cccc(OC)c2)C1=O. The summed E-state index contributed by atoms with van der Waals surface area (Å²) in [6, 6.07) is 6.03. The zero-order valence-electron chi connectivity index (χ0n) is 17.9. The van der Waals surface area contributed by atoms with Crippen molar-refractivity contribution in [1.82, 2.24) is 26.0 Å². The Hall–Kier alpha value is -3.14. The van der Waals surface area contributed by atoms with Gasteiger partial charge in [-0.05, 0) is 45.0 Å². The van der Waals surface area contributed by atoms with Gasteiger partial charge in [-0.3, -0.25) is 24.7 Å². The lowest BCUT2D eigenvalue weighted by atomic mass is 9.92. The van der Waals surface area contributed by atoms with E-state index in [1.807, 2.05) is 20.8 Å². The third-order valence-electron chi connectivity index (χ3n) is 4.71. The Labute approximate surface area is 175 Å². The van der Waals surface area contributed by atoms with Gasteiger partial charge in [0, 0.05) is 6.04 Å². The van der Waals surface area contributed by atoms with Gasteiger partial charge in [-0.2, -0.15) is 5.01 Å². The number of hydrogen-bond donors (Lipinski definition) is 3. The van der Waals surface area contributed by atoms with Crippen LogP contribution < -0.4 is 20.8 Å². The van der Waals surface area contributed by atoms with Crippen LogP contribution in [0.2, 0.25) is 0 Å². The van der Waals surface area contributed by atoms with Gasteiger partial charge in [-0.1, -0.05) is 19.1 Å². The molecule has 1 fully saturated rings. The molecule has 0 aromatic heterocycles. The van der Waals surface area contributed by atoms with Crippen molar-refractivity contribution in [3.05, 3.63) is 29.8 Å². The van der Waals surface area contributed by atoms with Crippen LogP contribution in [-0.4, -0.2) is 66.4 Å². The number of nitrogens with one attached hydrogen (secondary N) is 3. The largest absolute Gasteiger partial charge is 0.497 e. The number of benzene rings is 1. The Balaban J connectivity index is 2.05. The summed E-state index contributed by atoms with van der Waals surface area (Å²) in [4.78, 5) is 51.3. The first-order valence-corrected chi connectivity index (χ1v) is 9.73. The number of methoxy groups -OCH3 is 1. The van der Waals surface area contributed by atoms with Crippen molar-refractivity contribution in [2.75, 3.05) is 26.7 Å². The molecule has 0 bridgehead atoms. The highest BCUT2D eigenvalue weighted by Gasteiger charge is 2.50. The average Bonchev–Trinajstić information content (AvgIpc) is 2.90. The highest BCUT2D eigenvalue weighted by molar-refractivity contribution is 6.08. The first-order valence-electron chi connectivity index (χ1n) is 9.73. The number of amides is 5. The van der Waals surface area contributed by atoms with E-state index in [0.29, 0.717) is 22.9 Å². The molecule has 1 heterocycles. The molecular weight excluding hydrogens is 390 g/mol. The van der Waals surface area contributed by atoms with E-state index in [1.54, 1.807) is 36.1 Å². The lowest BCUT2D eigenvalue weighted by Crippen LogP contribution is -2.51. The molecule has 1 aliphatic rings. The van der Waals surface area contributed by atoms with Crippen LogP contribution in [0.15, 0.2) is 24.3 Å². The molecule has 1 aliphatic heterocycles. The number of carbonyl (C=O) groups excluding carboxylic acids is 4. The molecule has 0 spiro atoms. The summed E-state index contributed by atoms with van der Waals surface area (Å²) in [7, 11) is 1.50. The van der Waals surface area contributed by atoms with Crippen LogP contribution in [0, 0.1) is 0 Å². The van der Waals surface area contributed by atoms with E-state index in [-0.39, 0.29) is 25.0 Å². The van der Waals surface area contributed by atoms with Gasteiger partial charge in [-0.25, -0.2) is 4.79 Å². The van der Waals surface area contributed by atoms with E-state index >= 15 is 0 Å². The third-order valence-corrected chi connectivity index (χ3v) is 4.71. The maximum absolute atomic E-state index is 12.9. The molecule has 1 aromatic rings. The molecule has 0 radical (unpaired) electrons. The Morgan fingerprint density at radius 1 is 1.23 bits per heavy atom. The second kappa shape index (κ2) is 9.57. The van der Waals surface area contributed by atoms with E-state index < -0.39 is 23.4 Å². The van der Waals surface area contributed by atoms with E-state index in [0.717, 1.165) is 0 Å². The fourth-order valence-electron chi connectivity index (χ4n) is 3.08. The van der Waals surface area contributed by atoms with Gasteiger partial charge in [0.05, 0.1) is 20.2 Å². The van der Waals surface area contributed by atoms with E-state index in [9.17, 15) is 19.2 Å². The molecule has 3 N–H and O–H groups in total. The smallest absolute Gasteiger partial charge is 0.344 e. The van der Waals surface area contributed by atoms with Crippen molar-refractivity contribution in [3.63, 3.8) is 0 Å². The summed E-state index contributed by atoms with van der Waals surface area (Å²) >= 11 is 0. The highest BCUT2D eigenvalue weighted by atomic mass is 16.5. The van der Waals surface area contributed by atoms with E-state index in [4.69, 9.17) is 4.74 Å². The first kappa shape index (κ1) is 23.1. The average molecular weight is 419 g/mol. The molecule has 1 saturated heterocycles. The quantitative estimate of drug-likeness (QED) is 0.497. The first-order chi connectivity index (χ1) is 14.1. The summed E-state index contributed by atoms with van der Waals surface area (Å²) < 4.78 is 5.18. The van der Waals surface area contributed by atoms with Crippen LogP contribution in [-0.2, 0) is 19.9 Å². The third kappa shape index (κ3) is 5.26. The standard InChI is InChI=1S/C20H29N5O5/c1-6-24(11-16(26)21-13(2)3)12-17(27)23-25-18(28)20(4,22-19(25)29)14-8-7-9-15(10-14)30-5/h7-10,13H,6,11-12H2,1-5H3,(H,21,26)(H,22,29)(H,23,27). The Morgan fingerprint density at radius 3 is 2.50 bits per heavy atom. The summed E-state index contributed by atoms with van der Waals surface area (Å²) in [6.07, 6.45) is 0. The minimum Gasteiger partial charge on any atom is -0.497 e. The molecule has 10 heteroatoms. The summed E-state index contributed by atoms with van der Waals surface area (Å²) in [5.41, 5.74) is 1.52. The number of imide groups is 1. The highest BCUT2D eigenvalue weighted by Crippen LogP contribution is 2.30. The monoisotopic (exact) mass is 419 g/mol. The Kier molecular flexibility index (Phi) is 7.38. The molecular formula is C20H29N5O5. The number of hydrogen-bond acceptors (Lipinski definition) is 6. The van der Waals surface area contributed by atoms with Crippen molar-refractivity contribution in [2.24, 2.45) is 0 Å². The minimum absolute atomic E-state index is 0.00904. The van der Waals surface area contributed by atoms with Crippen LogP contribution in [0.3, 0.4) is 0 Å². The van der Waals surface area contributed by atoms with Crippen molar-refractivity contribution in [3.8, 4) is 5.75 Å². The fraction of sp³-hybridized carbons (Fsp3) is 0.500. The molecule has 30 heavy (non-hydrogen) atoms. The Bertz CT molecular complexity index is 828. The number of carbonyl (C=O) groups is 4. The van der Waals surface area contributed by atoms with Gasteiger partial charge >= 0.3 is 6.03 Å². The van der Waals surface area contributed by atoms with Gasteiger partial charge in [0.2, 0.25) is 5.91 Å². The molecule has 1 atom stereocenters. The second-order valence-corrected chi connectivity index (χ2v) is 7.49. The molecule has 10 nitrogen and oxygen atoms in total. The van der Waals surface area contributed by atoms with Crippen LogP contribution in [0.4, 0.5) is 4.79 Å². The fourth-order valence-corrected chi connectivity index (χ4v) is 3.08. The zero-order valence-corrected chi connectivity index (χ0v) is 17.9. The molecule has 5 amide bonds. The zero-order chi connectivity index (χ0) is 22.5. The number of hydrazine groups is 1. The normalized spacial score (nSPS) is 18.6. The number of rotatable bonds is 9. The maximum atomic E-state index is 12.9. The van der Waals surface area contributed by atoms with Gasteiger partial charge in [0.25, 0.3) is 11.8 Å². The summed E-state index contributed by atoms with van der Waals surface area (Å²) in [5.74, 6) is -0.862. The predicted octanol–water partition coefficient (Wildman–Crippen LogP) is 0.340. The number of likely N-dealkylation sites (N-methyl/N-ethyl adjacent to an activating group) is 1. The van der Waals surface area contributed by atoms with Crippen LogP contribution in [0.5, 0.6) is 5.75 Å². The lowest BCUT2D eigenvalue weighted by molar-refractivity contribution is -0.139. The van der Waals surface area contributed by atoms with Gasteiger partial charge in [0.15, 0.2) is 0 Å². The van der Waals surface area contributed by atoms with Crippen molar-refractivity contribution < 1.29 is 23.9 Å². The molecule has 1 unspecified atom stereocenters. The van der Waals surface area contributed by atoms with Crippen molar-refractivity contribution in [2.45, 2.75) is 39.3 Å². The van der Waals surface area contributed by atoms with Gasteiger partial charge in [0.1, 0.15) is 11.3 Å². The van der Waals surface area contributed by atoms with Crippen LogP contribution in [0.25, 0.3) is 0 Å². The summed E-state index contributed by atoms with van der Waals surface area (Å²) in [5, 5.41) is 6.04. The molecule has 0 saturated carbocycles. The number of ether oxygens (including phenoxy) is 1. The number of nitrogens with zero attached hydrogens (tertiary/aromatic N) is 2. The van der Waals surface area contributed by atoms with Crippen molar-refractivity contribution in [1.29, 1.82) is 0 Å². The maximum Gasteiger partial charge on any atom is 0.344 e. The minimum atomic E-state index is -1.35. The molecule has 1 aromatic carbocycles. The van der Waals surface area contributed by atoms with E-state index in [2.05, 4.69) is 16.1 Å². The number of urea groups is 1. The van der Waals surface area contributed by atoms with Crippen LogP contribution >= 0.6 is 0 Å². The second-order valence-electron chi connectivity index (χ2n) is 7.49. The summed E-state index contributed by atoms with van der Waals surface area (Å²) in [6.45, 7) is 7.39. The lowest BCUT2D eigenvalue weighted by Gasteiger charge is -2.23. The predicted molar refractivity (Wildman–Crippen MR) is 109 cm³/mol. The molecule has 2 rings (SSSR count). The van der Waals surface area contributed by atoms with E-state index in [1.165, 1.54) is 7.11 Å². The topological polar surface area (TPSA) is 120 Å². The van der Waals surface area contributed by atoms with Crippen LogP contribution in [0.1, 0.15) is 33.3 Å².